The number of anilines is 1. The van der Waals surface area contributed by atoms with Crippen LogP contribution in [0.15, 0.2) is 62.0 Å². The van der Waals surface area contributed by atoms with E-state index in [1.165, 1.54) is 30.0 Å². The van der Waals surface area contributed by atoms with Crippen LogP contribution >= 0.6 is 23.1 Å². The first-order valence-corrected chi connectivity index (χ1v) is 11.6. The van der Waals surface area contributed by atoms with Gasteiger partial charge in [0.15, 0.2) is 10.9 Å². The van der Waals surface area contributed by atoms with Crippen LogP contribution in [0.25, 0.3) is 0 Å². The average molecular weight is 451 g/mol. The molecule has 2 N–H and O–H groups in total. The summed E-state index contributed by atoms with van der Waals surface area (Å²) in [6.07, 6.45) is 0. The third-order valence-corrected chi connectivity index (χ3v) is 7.16. The molecule has 7 nitrogen and oxygen atoms in total. The lowest BCUT2D eigenvalue weighted by Crippen LogP contribution is -2.14. The van der Waals surface area contributed by atoms with Crippen molar-refractivity contribution < 1.29 is 23.1 Å². The molecule has 0 aliphatic rings. The Morgan fingerprint density at radius 2 is 1.93 bits per heavy atom. The Bertz CT molecular complexity index is 1130. The number of ether oxygens (including phenoxy) is 1. The molecule has 0 saturated heterocycles. The summed E-state index contributed by atoms with van der Waals surface area (Å²) in [4.78, 5) is 16.0. The zero-order valence-electron chi connectivity index (χ0n) is 15.6. The molecule has 0 fully saturated rings. The minimum Gasteiger partial charge on any atom is -0.482 e. The number of carbonyl (C=O) groups is 1. The Balaban J connectivity index is 1.70. The lowest BCUT2D eigenvalue weighted by Gasteiger charge is -2.11. The molecule has 2 aromatic carbocycles. The number of carboxylic acids is 1. The van der Waals surface area contributed by atoms with Crippen molar-refractivity contribution in [1.82, 2.24) is 4.98 Å². The number of carboxylic acid groups (broad SMARTS) is 1. The fourth-order valence-electron chi connectivity index (χ4n) is 2.38. The number of nitrogens with one attached hydrogen (secondary N) is 1. The van der Waals surface area contributed by atoms with E-state index >= 15 is 0 Å². The van der Waals surface area contributed by atoms with Gasteiger partial charge in [-0.1, -0.05) is 11.8 Å². The van der Waals surface area contributed by atoms with Crippen LogP contribution in [-0.4, -0.2) is 31.1 Å². The minimum atomic E-state index is -3.79. The predicted octanol–water partition coefficient (Wildman–Crippen LogP) is 4.18. The third kappa shape index (κ3) is 5.72. The number of sulfonamides is 1. The highest BCUT2D eigenvalue weighted by Crippen LogP contribution is 2.31. The average Bonchev–Trinajstić information content (AvgIpc) is 3.06. The maximum absolute atomic E-state index is 12.7. The van der Waals surface area contributed by atoms with Crippen LogP contribution in [0.2, 0.25) is 0 Å². The van der Waals surface area contributed by atoms with Crippen molar-refractivity contribution in [2.45, 2.75) is 28.0 Å². The molecule has 3 aromatic rings. The summed E-state index contributed by atoms with van der Waals surface area (Å²) in [7, 11) is -3.79. The highest BCUT2D eigenvalue weighted by molar-refractivity contribution is 8.01. The van der Waals surface area contributed by atoms with Crippen molar-refractivity contribution in [3.05, 3.63) is 59.1 Å². The molecule has 0 spiro atoms. The molecule has 1 aromatic heterocycles. The van der Waals surface area contributed by atoms with Gasteiger partial charge in [-0.2, -0.15) is 0 Å². The number of aromatic nitrogens is 1. The topological polar surface area (TPSA) is 106 Å². The lowest BCUT2D eigenvalue weighted by molar-refractivity contribution is -0.139. The van der Waals surface area contributed by atoms with Crippen LogP contribution in [0.3, 0.4) is 0 Å². The molecule has 0 atom stereocenters. The number of nitrogens with zero attached hydrogens (tertiary/aromatic N) is 1. The molecule has 0 radical (unpaired) electrons. The van der Waals surface area contributed by atoms with Gasteiger partial charge in [-0.3, -0.25) is 4.72 Å². The molecular formula is C19H18N2O5S3. The monoisotopic (exact) mass is 450 g/mol. The number of aliphatic carboxylic acids is 1. The van der Waals surface area contributed by atoms with E-state index in [9.17, 15) is 13.2 Å². The zero-order chi connectivity index (χ0) is 21.0. The number of thiazole rings is 1. The predicted molar refractivity (Wildman–Crippen MR) is 113 cm³/mol. The molecule has 0 saturated carbocycles. The van der Waals surface area contributed by atoms with Gasteiger partial charge < -0.3 is 9.84 Å². The smallest absolute Gasteiger partial charge is 0.341 e. The van der Waals surface area contributed by atoms with Crippen LogP contribution in [0.4, 0.5) is 5.69 Å². The quantitative estimate of drug-likeness (QED) is 0.530. The standard InChI is InChI=1S/C19H18N2O5S3/c1-12-9-16(7-8-17(12)26-10-18(22)23)29(24,25)21-14-3-5-15(6-4-14)28-19-20-13(2)11-27-19/h3-9,11,21H,10H2,1-2H3,(H,22,23). The van der Waals surface area contributed by atoms with Crippen molar-refractivity contribution in [2.75, 3.05) is 11.3 Å². The van der Waals surface area contributed by atoms with Crippen molar-refractivity contribution in [2.24, 2.45) is 0 Å². The van der Waals surface area contributed by atoms with E-state index in [-0.39, 0.29) is 4.90 Å². The SMILES string of the molecule is Cc1csc(Sc2ccc(NS(=O)(=O)c3ccc(OCC(=O)O)c(C)c3)cc2)n1. The van der Waals surface area contributed by atoms with Crippen LogP contribution in [0.1, 0.15) is 11.3 Å². The summed E-state index contributed by atoms with van der Waals surface area (Å²) >= 11 is 3.08. The minimum absolute atomic E-state index is 0.0642. The van der Waals surface area contributed by atoms with Crippen LogP contribution < -0.4 is 9.46 Å². The number of hydrogen-bond donors (Lipinski definition) is 2. The van der Waals surface area contributed by atoms with E-state index in [1.807, 2.05) is 24.4 Å². The van der Waals surface area contributed by atoms with Gasteiger partial charge in [0.05, 0.1) is 4.90 Å². The summed E-state index contributed by atoms with van der Waals surface area (Å²) in [5.74, 6) is -0.778. The Morgan fingerprint density at radius 1 is 1.21 bits per heavy atom. The van der Waals surface area contributed by atoms with Crippen molar-refractivity contribution in [1.29, 1.82) is 0 Å². The molecule has 1 heterocycles. The number of hydrogen-bond acceptors (Lipinski definition) is 7. The van der Waals surface area contributed by atoms with Gasteiger partial charge in [0, 0.05) is 21.7 Å². The van der Waals surface area contributed by atoms with Gasteiger partial charge in [0.25, 0.3) is 10.0 Å². The Labute approximate surface area is 176 Å². The van der Waals surface area contributed by atoms with E-state index in [0.717, 1.165) is 14.9 Å². The van der Waals surface area contributed by atoms with Crippen molar-refractivity contribution in [3.63, 3.8) is 0 Å². The Morgan fingerprint density at radius 3 is 2.52 bits per heavy atom. The van der Waals surface area contributed by atoms with Gasteiger partial charge in [0.1, 0.15) is 5.75 Å². The second kappa shape index (κ2) is 8.85. The lowest BCUT2D eigenvalue weighted by atomic mass is 10.2. The van der Waals surface area contributed by atoms with Gasteiger partial charge in [-0.25, -0.2) is 18.2 Å². The van der Waals surface area contributed by atoms with Gasteiger partial charge in [-0.05, 0) is 61.9 Å². The first-order chi connectivity index (χ1) is 13.7. The summed E-state index contributed by atoms with van der Waals surface area (Å²) < 4.78 is 33.9. The number of aryl methyl sites for hydroxylation is 2. The van der Waals surface area contributed by atoms with E-state index in [1.54, 1.807) is 30.4 Å². The van der Waals surface area contributed by atoms with Crippen molar-refractivity contribution in [3.8, 4) is 5.75 Å². The molecule has 0 unspecified atom stereocenters. The van der Waals surface area contributed by atoms with Crippen LogP contribution in [-0.2, 0) is 14.8 Å². The number of benzene rings is 2. The van der Waals surface area contributed by atoms with Crippen molar-refractivity contribution >= 4 is 44.8 Å². The molecule has 0 aliphatic carbocycles. The summed E-state index contributed by atoms with van der Waals surface area (Å²) in [6.45, 7) is 3.10. The molecule has 10 heteroatoms. The van der Waals surface area contributed by atoms with Crippen LogP contribution in [0, 0.1) is 13.8 Å². The zero-order valence-corrected chi connectivity index (χ0v) is 18.0. The normalized spacial score (nSPS) is 11.2. The first kappa shape index (κ1) is 21.2. The van der Waals surface area contributed by atoms with E-state index in [0.29, 0.717) is 17.0 Å². The summed E-state index contributed by atoms with van der Waals surface area (Å²) in [6, 6.07) is 11.3. The number of rotatable bonds is 8. The second-order valence-corrected chi connectivity index (χ2v) is 9.96. The summed E-state index contributed by atoms with van der Waals surface area (Å²) in [5.41, 5.74) is 1.93. The van der Waals surface area contributed by atoms with Gasteiger partial charge in [-0.15, -0.1) is 11.3 Å². The summed E-state index contributed by atoms with van der Waals surface area (Å²) in [5, 5.41) is 10.7. The maximum atomic E-state index is 12.7. The highest BCUT2D eigenvalue weighted by atomic mass is 32.2. The van der Waals surface area contributed by atoms with E-state index in [2.05, 4.69) is 9.71 Å². The largest absolute Gasteiger partial charge is 0.482 e. The Kier molecular flexibility index (Phi) is 6.46. The fraction of sp³-hybridized carbons (Fsp3) is 0.158. The molecular weight excluding hydrogens is 432 g/mol. The maximum Gasteiger partial charge on any atom is 0.341 e. The molecule has 0 aliphatic heterocycles. The van der Waals surface area contributed by atoms with E-state index < -0.39 is 22.6 Å². The molecule has 29 heavy (non-hydrogen) atoms. The fourth-order valence-corrected chi connectivity index (χ4v) is 5.33. The second-order valence-electron chi connectivity index (χ2n) is 6.10. The van der Waals surface area contributed by atoms with Gasteiger partial charge in [0.2, 0.25) is 0 Å². The molecule has 3 rings (SSSR count). The third-order valence-electron chi connectivity index (χ3n) is 3.72. The highest BCUT2D eigenvalue weighted by Gasteiger charge is 2.16. The first-order valence-electron chi connectivity index (χ1n) is 8.41. The van der Waals surface area contributed by atoms with Crippen LogP contribution in [0.5, 0.6) is 5.75 Å². The molecule has 152 valence electrons. The Hall–Kier alpha value is -2.56. The van der Waals surface area contributed by atoms with Gasteiger partial charge >= 0.3 is 5.97 Å². The molecule has 0 bridgehead atoms. The molecule has 0 amide bonds. The van der Waals surface area contributed by atoms with E-state index in [4.69, 9.17) is 9.84 Å².